The number of amides is 1. The first-order valence-corrected chi connectivity index (χ1v) is 13.1. The SMILES string of the molecule is C[C@@H](C(=O)NC(CC(=O)OCc1ccccc1)C(=O)COc1c(F)c(F)cc(F)c1F)n1ccc2ccc(Cl)cc2c1=O. The molecule has 224 valence electrons. The molecule has 1 amide bonds. The number of carbonyl (C=O) groups excluding carboxylic acids is 3. The van der Waals surface area contributed by atoms with Gasteiger partial charge in [-0.2, -0.15) is 8.78 Å². The molecule has 3 aromatic carbocycles. The fourth-order valence-corrected chi connectivity index (χ4v) is 4.25. The normalized spacial score (nSPS) is 12.4. The lowest BCUT2D eigenvalue weighted by Crippen LogP contribution is -2.47. The van der Waals surface area contributed by atoms with Crippen LogP contribution in [0.15, 0.2) is 71.7 Å². The number of halogens is 5. The smallest absolute Gasteiger partial charge is 0.308 e. The van der Waals surface area contributed by atoms with E-state index in [0.29, 0.717) is 16.0 Å². The molecule has 0 spiro atoms. The number of carbonyl (C=O) groups is 3. The van der Waals surface area contributed by atoms with Crippen LogP contribution in [0.5, 0.6) is 5.75 Å². The Labute approximate surface area is 246 Å². The molecule has 1 N–H and O–H groups in total. The molecule has 0 aliphatic rings. The highest BCUT2D eigenvalue weighted by Crippen LogP contribution is 2.26. The number of fused-ring (bicyclic) bond motifs is 1. The zero-order valence-electron chi connectivity index (χ0n) is 22.4. The van der Waals surface area contributed by atoms with Gasteiger partial charge >= 0.3 is 5.97 Å². The molecule has 4 rings (SSSR count). The van der Waals surface area contributed by atoms with Crippen LogP contribution in [0.4, 0.5) is 17.6 Å². The van der Waals surface area contributed by atoms with Crippen molar-refractivity contribution in [2.24, 2.45) is 0 Å². The summed E-state index contributed by atoms with van der Waals surface area (Å²) in [6, 6.07) is 11.9. The third-order valence-electron chi connectivity index (χ3n) is 6.44. The molecular weight excluding hydrogens is 596 g/mol. The number of pyridine rings is 1. The van der Waals surface area contributed by atoms with Gasteiger partial charge < -0.3 is 19.4 Å². The highest BCUT2D eigenvalue weighted by molar-refractivity contribution is 6.31. The van der Waals surface area contributed by atoms with Crippen LogP contribution in [-0.2, 0) is 25.7 Å². The van der Waals surface area contributed by atoms with E-state index < -0.39 is 77.3 Å². The highest BCUT2D eigenvalue weighted by Gasteiger charge is 2.29. The van der Waals surface area contributed by atoms with E-state index in [9.17, 15) is 36.7 Å². The molecule has 1 aromatic heterocycles. The van der Waals surface area contributed by atoms with Gasteiger partial charge in [-0.05, 0) is 36.1 Å². The number of nitrogens with one attached hydrogen (secondary N) is 1. The van der Waals surface area contributed by atoms with Crippen LogP contribution >= 0.6 is 11.6 Å². The van der Waals surface area contributed by atoms with Gasteiger partial charge in [0.2, 0.25) is 17.5 Å². The summed E-state index contributed by atoms with van der Waals surface area (Å²) in [5.74, 6) is -11.7. The Kier molecular flexibility index (Phi) is 9.81. The minimum Gasteiger partial charge on any atom is -0.479 e. The van der Waals surface area contributed by atoms with E-state index in [4.69, 9.17) is 21.1 Å². The van der Waals surface area contributed by atoms with Crippen LogP contribution in [0.1, 0.15) is 24.9 Å². The van der Waals surface area contributed by atoms with E-state index in [0.717, 1.165) is 4.57 Å². The van der Waals surface area contributed by atoms with Crippen LogP contribution in [-0.4, -0.2) is 34.9 Å². The average Bonchev–Trinajstić information content (AvgIpc) is 2.99. The second-order valence-electron chi connectivity index (χ2n) is 9.40. The third-order valence-corrected chi connectivity index (χ3v) is 6.68. The largest absolute Gasteiger partial charge is 0.479 e. The van der Waals surface area contributed by atoms with Crippen LogP contribution < -0.4 is 15.6 Å². The summed E-state index contributed by atoms with van der Waals surface area (Å²) in [4.78, 5) is 51.9. The Morgan fingerprint density at radius 2 is 1.63 bits per heavy atom. The fraction of sp³-hybridized carbons (Fsp3) is 0.200. The number of hydrogen-bond donors (Lipinski definition) is 1. The summed E-state index contributed by atoms with van der Waals surface area (Å²) in [5.41, 5.74) is 0.0739. The molecule has 13 heteroatoms. The second kappa shape index (κ2) is 13.5. The summed E-state index contributed by atoms with van der Waals surface area (Å²) in [5, 5.41) is 3.42. The Morgan fingerprint density at radius 1 is 0.953 bits per heavy atom. The second-order valence-corrected chi connectivity index (χ2v) is 9.84. The lowest BCUT2D eigenvalue weighted by Gasteiger charge is -2.21. The van der Waals surface area contributed by atoms with E-state index in [-0.39, 0.29) is 18.1 Å². The number of nitrogens with zero attached hydrogens (tertiary/aromatic N) is 1. The van der Waals surface area contributed by atoms with Gasteiger partial charge in [-0.1, -0.05) is 48.0 Å². The summed E-state index contributed by atoms with van der Waals surface area (Å²) in [7, 11) is 0. The van der Waals surface area contributed by atoms with Gasteiger partial charge in [0.15, 0.2) is 23.2 Å². The van der Waals surface area contributed by atoms with Crippen LogP contribution in [0.2, 0.25) is 5.02 Å². The standard InChI is InChI=1S/C30H23ClF4N2O6/c1-16(37-10-9-18-7-8-19(31)11-20(18)30(37)41)29(40)36-23(13-25(39)42-14-17-5-3-2-4-6-17)24(38)15-43-28-26(34)21(32)12-22(33)27(28)35/h2-12,16,23H,13-15H2,1H3,(H,36,40)/t16-,23?/m0/s1. The first-order valence-electron chi connectivity index (χ1n) is 12.7. The Hall–Kier alpha value is -4.71. The first-order chi connectivity index (χ1) is 20.5. The number of ether oxygens (including phenoxy) is 2. The molecule has 1 heterocycles. The molecule has 8 nitrogen and oxygen atoms in total. The van der Waals surface area contributed by atoms with E-state index in [2.05, 4.69) is 5.32 Å². The van der Waals surface area contributed by atoms with E-state index in [1.807, 2.05) is 0 Å². The molecule has 0 saturated heterocycles. The van der Waals surface area contributed by atoms with Crippen LogP contribution in [0.25, 0.3) is 10.8 Å². The molecule has 4 aromatic rings. The number of benzene rings is 3. The summed E-state index contributed by atoms with van der Waals surface area (Å²) < 4.78 is 66.2. The van der Waals surface area contributed by atoms with Crippen LogP contribution in [0.3, 0.4) is 0 Å². The van der Waals surface area contributed by atoms with Crippen molar-refractivity contribution in [3.05, 3.63) is 111 Å². The van der Waals surface area contributed by atoms with Gasteiger partial charge in [0.05, 0.1) is 6.42 Å². The van der Waals surface area contributed by atoms with Crippen molar-refractivity contribution in [2.75, 3.05) is 6.61 Å². The monoisotopic (exact) mass is 618 g/mol. The maximum atomic E-state index is 14.0. The van der Waals surface area contributed by atoms with E-state index in [1.165, 1.54) is 19.2 Å². The number of esters is 1. The Balaban J connectivity index is 1.54. The van der Waals surface area contributed by atoms with Crippen molar-refractivity contribution in [3.8, 4) is 5.75 Å². The van der Waals surface area contributed by atoms with Gasteiger partial charge in [-0.25, -0.2) is 8.78 Å². The molecule has 0 aliphatic heterocycles. The minimum absolute atomic E-state index is 0.0326. The average molecular weight is 619 g/mol. The molecule has 0 saturated carbocycles. The van der Waals surface area contributed by atoms with Crippen molar-refractivity contribution in [2.45, 2.75) is 32.0 Å². The number of Topliss-reactive ketones (excluding diaryl/α,β-unsaturated/α-hetero) is 1. The number of ketones is 1. The Bertz CT molecular complexity index is 1720. The summed E-state index contributed by atoms with van der Waals surface area (Å²) in [6.07, 6.45) is 0.624. The lowest BCUT2D eigenvalue weighted by atomic mass is 10.1. The van der Waals surface area contributed by atoms with Crippen LogP contribution in [0, 0.1) is 23.3 Å². The zero-order valence-corrected chi connectivity index (χ0v) is 23.2. The number of rotatable bonds is 11. The lowest BCUT2D eigenvalue weighted by molar-refractivity contribution is -0.147. The molecule has 0 aliphatic carbocycles. The molecule has 0 radical (unpaired) electrons. The molecule has 2 atom stereocenters. The molecule has 0 bridgehead atoms. The fourth-order valence-electron chi connectivity index (χ4n) is 4.08. The van der Waals surface area contributed by atoms with Crippen molar-refractivity contribution in [1.29, 1.82) is 0 Å². The minimum atomic E-state index is -1.88. The zero-order chi connectivity index (χ0) is 31.3. The highest BCUT2D eigenvalue weighted by atomic mass is 35.5. The quantitative estimate of drug-likeness (QED) is 0.144. The van der Waals surface area contributed by atoms with Gasteiger partial charge in [0.1, 0.15) is 25.3 Å². The maximum Gasteiger partial charge on any atom is 0.308 e. The predicted octanol–water partition coefficient (Wildman–Crippen LogP) is 5.04. The topological polar surface area (TPSA) is 104 Å². The van der Waals surface area contributed by atoms with Gasteiger partial charge in [0, 0.05) is 22.7 Å². The van der Waals surface area contributed by atoms with Gasteiger partial charge in [-0.15, -0.1) is 0 Å². The third kappa shape index (κ3) is 7.39. The summed E-state index contributed by atoms with van der Waals surface area (Å²) in [6.45, 7) is 0.0189. The van der Waals surface area contributed by atoms with Gasteiger partial charge in [0.25, 0.3) is 5.56 Å². The summed E-state index contributed by atoms with van der Waals surface area (Å²) >= 11 is 6.00. The maximum absolute atomic E-state index is 14.0. The van der Waals surface area contributed by atoms with Crippen molar-refractivity contribution < 1.29 is 41.4 Å². The number of aromatic nitrogens is 1. The van der Waals surface area contributed by atoms with E-state index >= 15 is 0 Å². The van der Waals surface area contributed by atoms with Crippen molar-refractivity contribution in [1.82, 2.24) is 9.88 Å². The predicted molar refractivity (Wildman–Crippen MR) is 147 cm³/mol. The first kappa shape index (κ1) is 31.2. The van der Waals surface area contributed by atoms with Crippen molar-refractivity contribution in [3.63, 3.8) is 0 Å². The number of hydrogen-bond acceptors (Lipinski definition) is 6. The molecule has 1 unspecified atom stereocenters. The Morgan fingerprint density at radius 3 is 2.30 bits per heavy atom. The molecule has 43 heavy (non-hydrogen) atoms. The van der Waals surface area contributed by atoms with Gasteiger partial charge in [-0.3, -0.25) is 19.2 Å². The van der Waals surface area contributed by atoms with Crippen molar-refractivity contribution >= 4 is 40.0 Å². The van der Waals surface area contributed by atoms with E-state index in [1.54, 1.807) is 48.5 Å². The molecular formula is C30H23ClF4N2O6. The molecule has 0 fully saturated rings.